The fourth-order valence-corrected chi connectivity index (χ4v) is 3.89. The Morgan fingerprint density at radius 3 is 2.46 bits per heavy atom. The molecule has 0 aliphatic heterocycles. The number of methoxy groups -OCH3 is 2. The van der Waals surface area contributed by atoms with Crippen molar-refractivity contribution in [1.82, 2.24) is 10.2 Å². The molecule has 1 aromatic heterocycles. The number of halogens is 1. The molecule has 0 radical (unpaired) electrons. The van der Waals surface area contributed by atoms with Crippen molar-refractivity contribution in [2.45, 2.75) is 11.3 Å². The van der Waals surface area contributed by atoms with Crippen molar-refractivity contribution in [2.24, 2.45) is 0 Å². The third-order valence-electron chi connectivity index (χ3n) is 2.64. The van der Waals surface area contributed by atoms with Gasteiger partial charge < -0.3 is 14.8 Å². The first-order valence-electron chi connectivity index (χ1n) is 6.32. The maximum absolute atomic E-state index is 12.4. The fourth-order valence-electron chi connectivity index (χ4n) is 1.65. The molecule has 9 nitrogen and oxygen atoms in total. The molecule has 0 saturated carbocycles. The summed E-state index contributed by atoms with van der Waals surface area (Å²) in [6, 6.07) is 2.80. The highest BCUT2D eigenvalue weighted by atomic mass is 35.5. The van der Waals surface area contributed by atoms with E-state index in [4.69, 9.17) is 21.1 Å². The quantitative estimate of drug-likeness (QED) is 0.721. The van der Waals surface area contributed by atoms with Gasteiger partial charge in [0, 0.05) is 19.1 Å². The SMILES string of the molecule is COc1cc(NS(=O)(=O)c2nnc(NC(C)=O)s2)c(OC)cc1Cl. The van der Waals surface area contributed by atoms with E-state index in [1.807, 2.05) is 0 Å². The van der Waals surface area contributed by atoms with Gasteiger partial charge in [0.1, 0.15) is 11.5 Å². The van der Waals surface area contributed by atoms with Crippen molar-refractivity contribution in [3.05, 3.63) is 17.2 Å². The molecule has 1 heterocycles. The van der Waals surface area contributed by atoms with Crippen molar-refractivity contribution in [3.8, 4) is 11.5 Å². The zero-order valence-electron chi connectivity index (χ0n) is 12.8. The van der Waals surface area contributed by atoms with Gasteiger partial charge in [-0.25, -0.2) is 0 Å². The number of anilines is 2. The first kappa shape index (κ1) is 18.2. The van der Waals surface area contributed by atoms with Crippen molar-refractivity contribution < 1.29 is 22.7 Å². The van der Waals surface area contributed by atoms with Gasteiger partial charge in [-0.2, -0.15) is 8.42 Å². The maximum atomic E-state index is 12.4. The lowest BCUT2D eigenvalue weighted by atomic mass is 10.3. The Morgan fingerprint density at radius 2 is 1.88 bits per heavy atom. The molecule has 0 bridgehead atoms. The van der Waals surface area contributed by atoms with Crippen LogP contribution in [0.25, 0.3) is 0 Å². The molecule has 1 aromatic carbocycles. The summed E-state index contributed by atoms with van der Waals surface area (Å²) in [6.45, 7) is 1.28. The first-order chi connectivity index (χ1) is 11.3. The van der Waals surface area contributed by atoms with Crippen molar-refractivity contribution in [3.63, 3.8) is 0 Å². The number of hydrogen-bond acceptors (Lipinski definition) is 8. The minimum absolute atomic E-state index is 0.0727. The van der Waals surface area contributed by atoms with E-state index in [1.54, 1.807) is 0 Å². The zero-order chi connectivity index (χ0) is 17.9. The molecule has 24 heavy (non-hydrogen) atoms. The number of amides is 1. The normalized spacial score (nSPS) is 11.0. The molecule has 0 spiro atoms. The summed E-state index contributed by atoms with van der Waals surface area (Å²) in [5.74, 6) is 0.0921. The molecule has 0 aliphatic rings. The fraction of sp³-hybridized carbons (Fsp3) is 0.250. The second kappa shape index (κ2) is 7.20. The molecule has 2 N–H and O–H groups in total. The molecular weight excluding hydrogens is 380 g/mol. The largest absolute Gasteiger partial charge is 0.495 e. The van der Waals surface area contributed by atoms with Crippen molar-refractivity contribution in [1.29, 1.82) is 0 Å². The molecule has 2 aromatic rings. The van der Waals surface area contributed by atoms with E-state index in [2.05, 4.69) is 20.2 Å². The third kappa shape index (κ3) is 4.04. The van der Waals surface area contributed by atoms with Gasteiger partial charge in [-0.15, -0.1) is 10.2 Å². The zero-order valence-corrected chi connectivity index (χ0v) is 15.2. The number of nitrogens with zero attached hydrogens (tertiary/aromatic N) is 2. The molecule has 0 unspecified atom stereocenters. The summed E-state index contributed by atoms with van der Waals surface area (Å²) in [4.78, 5) is 11.0. The number of aromatic nitrogens is 2. The van der Waals surface area contributed by atoms with E-state index >= 15 is 0 Å². The van der Waals surface area contributed by atoms with E-state index in [9.17, 15) is 13.2 Å². The summed E-state index contributed by atoms with van der Waals surface area (Å²) in [7, 11) is -1.26. The standard InChI is InChI=1S/C12H13ClN4O5S2/c1-6(18)14-11-15-16-12(23-11)24(19,20)17-8-5-9(21-2)7(13)4-10(8)22-3/h4-5,17H,1-3H3,(H,14,15,18). The Labute approximate surface area is 147 Å². The van der Waals surface area contributed by atoms with E-state index in [1.165, 1.54) is 33.3 Å². The molecule has 0 aliphatic carbocycles. The summed E-state index contributed by atoms with van der Waals surface area (Å²) < 4.78 is 37.0. The second-order valence-electron chi connectivity index (χ2n) is 4.35. The monoisotopic (exact) mass is 392 g/mol. The summed E-state index contributed by atoms with van der Waals surface area (Å²) >= 11 is 6.69. The van der Waals surface area contributed by atoms with Gasteiger partial charge in [-0.3, -0.25) is 9.52 Å². The average Bonchev–Trinajstić information content (AvgIpc) is 2.97. The lowest BCUT2D eigenvalue weighted by molar-refractivity contribution is -0.114. The highest BCUT2D eigenvalue weighted by Gasteiger charge is 2.23. The van der Waals surface area contributed by atoms with Gasteiger partial charge in [-0.05, 0) is 0 Å². The van der Waals surface area contributed by atoms with Crippen LogP contribution in [0.4, 0.5) is 10.8 Å². The van der Waals surface area contributed by atoms with Crippen LogP contribution in [0.3, 0.4) is 0 Å². The summed E-state index contributed by atoms with van der Waals surface area (Å²) in [5, 5.41) is 9.85. The number of carbonyl (C=O) groups is 1. The Bertz CT molecular complexity index is 868. The second-order valence-corrected chi connectivity index (χ2v) is 7.59. The van der Waals surface area contributed by atoms with Crippen LogP contribution < -0.4 is 19.5 Å². The first-order valence-corrected chi connectivity index (χ1v) is 9.00. The van der Waals surface area contributed by atoms with Crippen LogP contribution >= 0.6 is 22.9 Å². The predicted molar refractivity (Wildman–Crippen MR) is 89.6 cm³/mol. The van der Waals surface area contributed by atoms with Crippen LogP contribution in [0.5, 0.6) is 11.5 Å². The van der Waals surface area contributed by atoms with Crippen LogP contribution in [0, 0.1) is 0 Å². The highest BCUT2D eigenvalue weighted by molar-refractivity contribution is 7.94. The van der Waals surface area contributed by atoms with Crippen LogP contribution in [-0.4, -0.2) is 38.7 Å². The molecular formula is C12H13ClN4O5S2. The number of ether oxygens (including phenoxy) is 2. The number of benzene rings is 1. The number of sulfonamides is 1. The van der Waals surface area contributed by atoms with E-state index in [-0.39, 0.29) is 37.6 Å². The van der Waals surface area contributed by atoms with Crippen molar-refractivity contribution >= 4 is 49.7 Å². The Kier molecular flexibility index (Phi) is 5.47. The Morgan fingerprint density at radius 1 is 1.21 bits per heavy atom. The van der Waals surface area contributed by atoms with Gasteiger partial charge in [-0.1, -0.05) is 22.9 Å². The van der Waals surface area contributed by atoms with Gasteiger partial charge >= 0.3 is 0 Å². The van der Waals surface area contributed by atoms with Crippen LogP contribution in [-0.2, 0) is 14.8 Å². The van der Waals surface area contributed by atoms with Gasteiger partial charge in [0.15, 0.2) is 0 Å². The molecule has 0 fully saturated rings. The van der Waals surface area contributed by atoms with Gasteiger partial charge in [0.05, 0.1) is 24.9 Å². The predicted octanol–water partition coefficient (Wildman–Crippen LogP) is 1.97. The highest BCUT2D eigenvalue weighted by Crippen LogP contribution is 2.37. The Balaban J connectivity index is 2.35. The molecule has 0 saturated heterocycles. The minimum Gasteiger partial charge on any atom is -0.495 e. The van der Waals surface area contributed by atoms with Crippen LogP contribution in [0.1, 0.15) is 6.92 Å². The molecule has 12 heteroatoms. The number of carbonyl (C=O) groups excluding carboxylic acids is 1. The van der Waals surface area contributed by atoms with Crippen molar-refractivity contribution in [2.75, 3.05) is 24.3 Å². The summed E-state index contributed by atoms with van der Waals surface area (Å²) in [6.07, 6.45) is 0. The van der Waals surface area contributed by atoms with E-state index < -0.39 is 10.0 Å². The minimum atomic E-state index is -4.03. The van der Waals surface area contributed by atoms with E-state index in [0.717, 1.165) is 0 Å². The number of hydrogen-bond donors (Lipinski definition) is 2. The number of nitrogens with one attached hydrogen (secondary N) is 2. The van der Waals surface area contributed by atoms with E-state index in [0.29, 0.717) is 11.3 Å². The van der Waals surface area contributed by atoms with Crippen LogP contribution in [0.15, 0.2) is 16.5 Å². The van der Waals surface area contributed by atoms with Gasteiger partial charge in [0.2, 0.25) is 11.0 Å². The molecule has 2 rings (SSSR count). The maximum Gasteiger partial charge on any atom is 0.291 e. The van der Waals surface area contributed by atoms with Crippen LogP contribution in [0.2, 0.25) is 5.02 Å². The average molecular weight is 393 g/mol. The third-order valence-corrected chi connectivity index (χ3v) is 5.50. The molecule has 0 atom stereocenters. The lowest BCUT2D eigenvalue weighted by Crippen LogP contribution is -2.13. The number of rotatable bonds is 6. The Hall–Kier alpha value is -2.11. The smallest absolute Gasteiger partial charge is 0.291 e. The molecule has 130 valence electrons. The summed E-state index contributed by atoms with van der Waals surface area (Å²) in [5.41, 5.74) is 0.120. The topological polar surface area (TPSA) is 120 Å². The molecule has 1 amide bonds. The lowest BCUT2D eigenvalue weighted by Gasteiger charge is -2.13. The van der Waals surface area contributed by atoms with Gasteiger partial charge in [0.25, 0.3) is 14.4 Å².